The van der Waals surface area contributed by atoms with Crippen LogP contribution in [-0.2, 0) is 11.8 Å². The smallest absolute Gasteiger partial charge is 0.115 e. The van der Waals surface area contributed by atoms with E-state index in [2.05, 4.69) is 24.9 Å². The van der Waals surface area contributed by atoms with Gasteiger partial charge in [0, 0.05) is 18.5 Å². The molecule has 0 unspecified atom stereocenters. The van der Waals surface area contributed by atoms with Crippen LogP contribution in [0.5, 0.6) is 5.75 Å². The molecule has 1 aromatic rings. The quantitative estimate of drug-likeness (QED) is 0.796. The van der Waals surface area contributed by atoms with Gasteiger partial charge in [-0.3, -0.25) is 0 Å². The number of piperidine rings is 1. The van der Waals surface area contributed by atoms with Crippen molar-refractivity contribution in [2.45, 2.75) is 25.2 Å². The van der Waals surface area contributed by atoms with E-state index in [-0.39, 0.29) is 22.4 Å². The van der Waals surface area contributed by atoms with E-state index in [4.69, 9.17) is 0 Å². The molecule has 0 aromatic heterocycles. The van der Waals surface area contributed by atoms with Crippen LogP contribution < -0.4 is 0 Å². The van der Waals surface area contributed by atoms with Gasteiger partial charge in [0.2, 0.25) is 0 Å². The fourth-order valence-electron chi connectivity index (χ4n) is 3.81. The Kier molecular flexibility index (Phi) is 3.25. The van der Waals surface area contributed by atoms with Crippen LogP contribution >= 0.6 is 17.0 Å². The fourth-order valence-corrected chi connectivity index (χ4v) is 3.81. The third-order valence-electron chi connectivity index (χ3n) is 4.18. The number of nitrogens with zero attached hydrogens (tertiary/aromatic N) is 1. The van der Waals surface area contributed by atoms with Gasteiger partial charge >= 0.3 is 0 Å². The summed E-state index contributed by atoms with van der Waals surface area (Å²) in [4.78, 5) is 2.43. The molecule has 1 aromatic carbocycles. The maximum atomic E-state index is 9.65. The van der Waals surface area contributed by atoms with Gasteiger partial charge in [-0.1, -0.05) is 13.0 Å². The van der Waals surface area contributed by atoms with Crippen LogP contribution in [0.25, 0.3) is 0 Å². The number of rotatable bonds is 0. The molecule has 1 saturated heterocycles. The Hall–Kier alpha value is -0.540. The summed E-state index contributed by atoms with van der Waals surface area (Å²) in [5, 5.41) is 9.65. The van der Waals surface area contributed by atoms with E-state index in [0.29, 0.717) is 5.75 Å². The molecule has 0 spiro atoms. The molecule has 1 N–H and O–H groups in total. The second kappa shape index (κ2) is 4.29. The van der Waals surface area contributed by atoms with Gasteiger partial charge in [0.1, 0.15) is 5.75 Å². The number of halogens is 1. The zero-order chi connectivity index (χ0) is 11.3. The van der Waals surface area contributed by atoms with Crippen LogP contribution in [0.3, 0.4) is 0 Å². The van der Waals surface area contributed by atoms with Crippen LogP contribution in [0.4, 0.5) is 0 Å². The van der Waals surface area contributed by atoms with Crippen molar-refractivity contribution >= 4 is 17.0 Å². The molecule has 1 aliphatic heterocycles. The van der Waals surface area contributed by atoms with Gasteiger partial charge < -0.3 is 10.0 Å². The molecule has 94 valence electrons. The maximum Gasteiger partial charge on any atom is 0.115 e. The maximum absolute atomic E-state index is 9.65. The molecule has 3 heteroatoms. The van der Waals surface area contributed by atoms with E-state index < -0.39 is 0 Å². The van der Waals surface area contributed by atoms with Crippen LogP contribution in [0, 0.1) is 5.92 Å². The number of phenols is 1. The summed E-state index contributed by atoms with van der Waals surface area (Å²) in [5.41, 5.74) is 3.06. The van der Waals surface area contributed by atoms with Gasteiger partial charge in [-0.2, -0.15) is 0 Å². The molecular formula is C14H20BrNO. The zero-order valence-electron chi connectivity index (χ0n) is 10.4. The Morgan fingerprint density at radius 2 is 2.18 bits per heavy atom. The van der Waals surface area contributed by atoms with Crippen molar-refractivity contribution in [1.82, 2.24) is 4.90 Å². The Labute approximate surface area is 113 Å². The Morgan fingerprint density at radius 1 is 1.41 bits per heavy atom. The molecule has 0 saturated carbocycles. The zero-order valence-corrected chi connectivity index (χ0v) is 12.2. The summed E-state index contributed by atoms with van der Waals surface area (Å²) in [6.45, 7) is 4.67. The highest BCUT2D eigenvalue weighted by atomic mass is 79.9. The minimum atomic E-state index is 0. The first kappa shape index (κ1) is 12.9. The molecule has 2 atom stereocenters. The van der Waals surface area contributed by atoms with Crippen molar-refractivity contribution in [3.63, 3.8) is 0 Å². The first-order chi connectivity index (χ1) is 7.57. The number of benzene rings is 1. The molecule has 2 aliphatic rings. The largest absolute Gasteiger partial charge is 0.508 e. The number of hydrogen-bond acceptors (Lipinski definition) is 2. The molecule has 0 radical (unpaired) electrons. The number of fused-ring (bicyclic) bond motifs is 4. The third kappa shape index (κ3) is 2.11. The lowest BCUT2D eigenvalue weighted by Crippen LogP contribution is -2.50. The predicted octanol–water partition coefficient (Wildman–Crippen LogP) is 2.74. The summed E-state index contributed by atoms with van der Waals surface area (Å²) in [5.74, 6) is 1.20. The van der Waals surface area contributed by atoms with Gasteiger partial charge in [0.05, 0.1) is 0 Å². The average molecular weight is 298 g/mol. The molecule has 1 heterocycles. The molecule has 2 bridgehead atoms. The van der Waals surface area contributed by atoms with Gasteiger partial charge in [-0.25, -0.2) is 0 Å². The number of likely N-dealkylation sites (N-methyl/N-ethyl adjacent to an activating group) is 1. The SMILES string of the molecule is Br.CN1C[C@@H]2Cc3ccc(O)cc3[C@@](C)(C2)C1. The Balaban J connectivity index is 0.00000108. The van der Waals surface area contributed by atoms with Crippen LogP contribution in [0.15, 0.2) is 18.2 Å². The monoisotopic (exact) mass is 297 g/mol. The van der Waals surface area contributed by atoms with Crippen molar-refractivity contribution in [1.29, 1.82) is 0 Å². The molecule has 2 nitrogen and oxygen atoms in total. The van der Waals surface area contributed by atoms with Crippen LogP contribution in [0.1, 0.15) is 24.5 Å². The van der Waals surface area contributed by atoms with E-state index in [1.807, 2.05) is 12.1 Å². The summed E-state index contributed by atoms with van der Waals surface area (Å²) in [6, 6.07) is 5.91. The van der Waals surface area contributed by atoms with E-state index >= 15 is 0 Å². The lowest BCUT2D eigenvalue weighted by Gasteiger charge is -2.48. The lowest BCUT2D eigenvalue weighted by molar-refractivity contribution is 0.120. The first-order valence-corrected chi connectivity index (χ1v) is 6.08. The topological polar surface area (TPSA) is 23.5 Å². The van der Waals surface area contributed by atoms with Gasteiger partial charge in [0.25, 0.3) is 0 Å². The predicted molar refractivity (Wildman–Crippen MR) is 75.1 cm³/mol. The fraction of sp³-hybridized carbons (Fsp3) is 0.571. The van der Waals surface area contributed by atoms with Gasteiger partial charge in [0.15, 0.2) is 0 Å². The van der Waals surface area contributed by atoms with Crippen LogP contribution in [-0.4, -0.2) is 30.1 Å². The normalized spacial score (nSPS) is 31.5. The van der Waals surface area contributed by atoms with E-state index in [9.17, 15) is 5.11 Å². The van der Waals surface area contributed by atoms with Crippen molar-refractivity contribution in [3.8, 4) is 5.75 Å². The Bertz CT molecular complexity index is 434. The summed E-state index contributed by atoms with van der Waals surface area (Å²) in [6.07, 6.45) is 2.45. The van der Waals surface area contributed by atoms with E-state index in [1.54, 1.807) is 0 Å². The van der Waals surface area contributed by atoms with Crippen molar-refractivity contribution in [2.75, 3.05) is 20.1 Å². The number of aromatic hydroxyl groups is 1. The summed E-state index contributed by atoms with van der Waals surface area (Å²) < 4.78 is 0. The minimum Gasteiger partial charge on any atom is -0.508 e. The third-order valence-corrected chi connectivity index (χ3v) is 4.18. The standard InChI is InChI=1S/C14H19NO.BrH/c1-14-7-10(8-15(2)9-14)5-11-3-4-12(16)6-13(11)14;/h3-4,6,10,16H,5,7-9H2,1-2H3;1H/t10-,14+;/m1./s1. The van der Waals surface area contributed by atoms with Crippen LogP contribution in [0.2, 0.25) is 0 Å². The molecular weight excluding hydrogens is 278 g/mol. The highest BCUT2D eigenvalue weighted by Gasteiger charge is 2.41. The number of phenolic OH excluding ortho intramolecular Hbond substituents is 1. The summed E-state index contributed by atoms with van der Waals surface area (Å²) >= 11 is 0. The lowest BCUT2D eigenvalue weighted by atomic mass is 9.64. The second-order valence-electron chi connectivity index (χ2n) is 5.87. The highest BCUT2D eigenvalue weighted by molar-refractivity contribution is 8.93. The van der Waals surface area contributed by atoms with Crippen molar-refractivity contribution < 1.29 is 5.11 Å². The highest BCUT2D eigenvalue weighted by Crippen LogP contribution is 2.44. The summed E-state index contributed by atoms with van der Waals surface area (Å²) in [7, 11) is 2.21. The van der Waals surface area contributed by atoms with Crippen molar-refractivity contribution in [2.24, 2.45) is 5.92 Å². The average Bonchev–Trinajstić information content (AvgIpc) is 2.18. The number of hydrogen-bond donors (Lipinski definition) is 1. The van der Waals surface area contributed by atoms with E-state index in [0.717, 1.165) is 12.5 Å². The minimum absolute atomic E-state index is 0. The van der Waals surface area contributed by atoms with Gasteiger partial charge in [-0.15, -0.1) is 17.0 Å². The number of likely N-dealkylation sites (tertiary alicyclic amines) is 1. The molecule has 0 amide bonds. The second-order valence-corrected chi connectivity index (χ2v) is 5.87. The Morgan fingerprint density at radius 3 is 2.94 bits per heavy atom. The molecule has 3 rings (SSSR count). The molecule has 1 fully saturated rings. The van der Waals surface area contributed by atoms with Crippen molar-refractivity contribution in [3.05, 3.63) is 29.3 Å². The van der Waals surface area contributed by atoms with Gasteiger partial charge in [-0.05, 0) is 49.1 Å². The molecule has 1 aliphatic carbocycles. The molecule has 17 heavy (non-hydrogen) atoms. The van der Waals surface area contributed by atoms with E-state index in [1.165, 1.54) is 30.5 Å². The first-order valence-electron chi connectivity index (χ1n) is 6.08.